The van der Waals surface area contributed by atoms with Crippen LogP contribution in [0.15, 0.2) is 18.3 Å². The molecule has 1 amide bonds. The van der Waals surface area contributed by atoms with E-state index in [0.717, 1.165) is 43.0 Å². The lowest BCUT2D eigenvalue weighted by atomic mass is 9.97. The number of nitrogens with one attached hydrogen (secondary N) is 4. The van der Waals surface area contributed by atoms with Gasteiger partial charge >= 0.3 is 5.97 Å². The Labute approximate surface area is 211 Å². The zero-order valence-corrected chi connectivity index (χ0v) is 21.4. The lowest BCUT2D eigenvalue weighted by Gasteiger charge is -2.40. The SMILES string of the molecule is COC(=O)c1cnc2cc(NC3CC(C)NN3)nc(NC3C[C@H]4CC[C@@H](C3)N4C(=O)CN(C)C)c2c1. The summed E-state index contributed by atoms with van der Waals surface area (Å²) in [5, 5.41) is 7.87. The molecular formula is C25H36N8O3. The van der Waals surface area contributed by atoms with Gasteiger partial charge in [-0.2, -0.15) is 0 Å². The number of ether oxygens (including phenoxy) is 1. The van der Waals surface area contributed by atoms with Crippen LogP contribution in [-0.4, -0.2) is 89.7 Å². The number of hydrazine groups is 1. The van der Waals surface area contributed by atoms with Gasteiger partial charge in [0.05, 0.1) is 30.9 Å². The van der Waals surface area contributed by atoms with E-state index >= 15 is 0 Å². The predicted octanol–water partition coefficient (Wildman–Crippen LogP) is 1.54. The number of esters is 1. The lowest BCUT2D eigenvalue weighted by Crippen LogP contribution is -2.51. The van der Waals surface area contributed by atoms with Crippen molar-refractivity contribution in [3.63, 3.8) is 0 Å². The molecule has 3 aliphatic rings. The average Bonchev–Trinajstić information content (AvgIpc) is 3.37. The minimum Gasteiger partial charge on any atom is -0.465 e. The molecule has 5 atom stereocenters. The topological polar surface area (TPSA) is 124 Å². The van der Waals surface area contributed by atoms with Crippen molar-refractivity contribution in [1.29, 1.82) is 0 Å². The largest absolute Gasteiger partial charge is 0.465 e. The minimum absolute atomic E-state index is 0.0499. The van der Waals surface area contributed by atoms with Crippen molar-refractivity contribution in [3.8, 4) is 0 Å². The van der Waals surface area contributed by atoms with Gasteiger partial charge in [-0.25, -0.2) is 15.2 Å². The Morgan fingerprint density at radius 2 is 1.89 bits per heavy atom. The number of aromatic nitrogens is 2. The van der Waals surface area contributed by atoms with E-state index in [1.807, 2.05) is 25.1 Å². The van der Waals surface area contributed by atoms with Crippen LogP contribution in [0.1, 0.15) is 49.4 Å². The highest BCUT2D eigenvalue weighted by Gasteiger charge is 2.43. The Morgan fingerprint density at radius 3 is 2.53 bits per heavy atom. The van der Waals surface area contributed by atoms with Crippen LogP contribution in [0.3, 0.4) is 0 Å². The molecule has 0 saturated carbocycles. The number of anilines is 2. The van der Waals surface area contributed by atoms with Crippen molar-refractivity contribution in [3.05, 3.63) is 23.9 Å². The highest BCUT2D eigenvalue weighted by Crippen LogP contribution is 2.37. The number of hydrogen-bond donors (Lipinski definition) is 4. The number of amides is 1. The Balaban J connectivity index is 1.40. The predicted molar refractivity (Wildman–Crippen MR) is 137 cm³/mol. The molecule has 3 fully saturated rings. The van der Waals surface area contributed by atoms with Gasteiger partial charge in [-0.05, 0) is 59.2 Å². The molecule has 11 nitrogen and oxygen atoms in total. The number of carbonyl (C=O) groups is 2. The quantitative estimate of drug-likeness (QED) is 0.420. The summed E-state index contributed by atoms with van der Waals surface area (Å²) in [5.74, 6) is 1.17. The summed E-state index contributed by atoms with van der Waals surface area (Å²) >= 11 is 0. The maximum Gasteiger partial charge on any atom is 0.339 e. The highest BCUT2D eigenvalue weighted by molar-refractivity contribution is 5.98. The molecule has 2 aromatic heterocycles. The number of carbonyl (C=O) groups excluding carboxylic acids is 2. The average molecular weight is 497 g/mol. The van der Waals surface area contributed by atoms with Crippen LogP contribution < -0.4 is 21.5 Å². The first-order chi connectivity index (χ1) is 17.3. The van der Waals surface area contributed by atoms with Gasteiger partial charge in [0.1, 0.15) is 11.6 Å². The minimum atomic E-state index is -0.432. The van der Waals surface area contributed by atoms with E-state index in [-0.39, 0.29) is 30.2 Å². The van der Waals surface area contributed by atoms with E-state index in [1.165, 1.54) is 13.3 Å². The molecule has 0 spiro atoms. The zero-order chi connectivity index (χ0) is 25.4. The van der Waals surface area contributed by atoms with Crippen molar-refractivity contribution < 1.29 is 14.3 Å². The summed E-state index contributed by atoms with van der Waals surface area (Å²) in [6.07, 6.45) is 6.30. The molecule has 5 heterocycles. The lowest BCUT2D eigenvalue weighted by molar-refractivity contribution is -0.136. The van der Waals surface area contributed by atoms with Crippen LogP contribution in [-0.2, 0) is 9.53 Å². The molecule has 2 aromatic rings. The number of likely N-dealkylation sites (N-methyl/N-ethyl adjacent to an activating group) is 1. The van der Waals surface area contributed by atoms with Crippen LogP contribution in [0.4, 0.5) is 11.6 Å². The molecule has 4 N–H and O–H groups in total. The van der Waals surface area contributed by atoms with E-state index in [9.17, 15) is 9.59 Å². The van der Waals surface area contributed by atoms with Crippen LogP contribution in [0, 0.1) is 0 Å². The molecule has 194 valence electrons. The number of pyridine rings is 2. The second-order valence-electron chi connectivity index (χ2n) is 10.5. The van der Waals surface area contributed by atoms with Crippen molar-refractivity contribution >= 4 is 34.4 Å². The Kier molecular flexibility index (Phi) is 6.96. The molecule has 3 unspecified atom stereocenters. The number of methoxy groups -OCH3 is 1. The summed E-state index contributed by atoms with van der Waals surface area (Å²) in [4.78, 5) is 38.5. The van der Waals surface area contributed by atoms with Gasteiger partial charge in [-0.3, -0.25) is 15.2 Å². The zero-order valence-electron chi connectivity index (χ0n) is 21.4. The van der Waals surface area contributed by atoms with E-state index < -0.39 is 5.97 Å². The molecule has 11 heteroatoms. The molecule has 0 radical (unpaired) electrons. The Hall–Kier alpha value is -3.02. The second-order valence-corrected chi connectivity index (χ2v) is 10.5. The fourth-order valence-corrected chi connectivity index (χ4v) is 5.77. The van der Waals surface area contributed by atoms with Gasteiger partial charge < -0.3 is 25.2 Å². The van der Waals surface area contributed by atoms with E-state index in [2.05, 4.69) is 38.3 Å². The number of fused-ring (bicyclic) bond motifs is 3. The van der Waals surface area contributed by atoms with Gasteiger partial charge in [0, 0.05) is 41.8 Å². The molecule has 36 heavy (non-hydrogen) atoms. The summed E-state index contributed by atoms with van der Waals surface area (Å²) < 4.78 is 4.91. The van der Waals surface area contributed by atoms with Crippen molar-refractivity contribution in [2.75, 3.05) is 38.4 Å². The molecule has 3 aliphatic heterocycles. The summed E-state index contributed by atoms with van der Waals surface area (Å²) in [5.41, 5.74) is 7.58. The Morgan fingerprint density at radius 1 is 1.14 bits per heavy atom. The fraction of sp³-hybridized carbons (Fsp3) is 0.600. The first kappa shape index (κ1) is 24.7. The highest BCUT2D eigenvalue weighted by atomic mass is 16.5. The third kappa shape index (κ3) is 5.09. The van der Waals surface area contributed by atoms with E-state index in [0.29, 0.717) is 29.8 Å². The molecular weight excluding hydrogens is 460 g/mol. The van der Waals surface area contributed by atoms with Crippen LogP contribution >= 0.6 is 0 Å². The fourth-order valence-electron chi connectivity index (χ4n) is 5.77. The van der Waals surface area contributed by atoms with Crippen LogP contribution in [0.25, 0.3) is 10.9 Å². The second kappa shape index (κ2) is 10.2. The molecule has 0 aromatic carbocycles. The van der Waals surface area contributed by atoms with Crippen molar-refractivity contribution in [2.24, 2.45) is 0 Å². The van der Waals surface area contributed by atoms with Crippen LogP contribution in [0.2, 0.25) is 0 Å². The molecule has 2 bridgehead atoms. The monoisotopic (exact) mass is 496 g/mol. The van der Waals surface area contributed by atoms with Crippen molar-refractivity contribution in [1.82, 2.24) is 30.6 Å². The number of rotatable bonds is 7. The van der Waals surface area contributed by atoms with Gasteiger partial charge in [-0.15, -0.1) is 0 Å². The number of hydrogen-bond acceptors (Lipinski definition) is 10. The van der Waals surface area contributed by atoms with Gasteiger partial charge in [0.2, 0.25) is 5.91 Å². The van der Waals surface area contributed by atoms with E-state index in [1.54, 1.807) is 6.07 Å². The Bertz CT molecular complexity index is 1130. The van der Waals surface area contributed by atoms with E-state index in [4.69, 9.17) is 9.72 Å². The molecule has 5 rings (SSSR count). The maximum atomic E-state index is 12.9. The molecule has 0 aliphatic carbocycles. The summed E-state index contributed by atoms with van der Waals surface area (Å²) in [7, 11) is 5.22. The van der Waals surface area contributed by atoms with Crippen molar-refractivity contribution in [2.45, 2.75) is 69.4 Å². The number of nitrogens with zero attached hydrogens (tertiary/aromatic N) is 4. The standard InChI is InChI=1S/C25H36N8O3/c1-14-7-22(31-30-14)28-21-11-20-19(8-15(12-26-20)25(35)36-4)24(29-21)27-16-9-17-5-6-18(10-16)33(17)23(34)13-32(2)3/h8,11-12,14,16-18,22,30-31H,5-7,9-10,13H2,1-4H3,(H2,27,28,29)/t14?,16?,17-,18+,22?. The smallest absolute Gasteiger partial charge is 0.339 e. The molecule has 3 saturated heterocycles. The summed E-state index contributed by atoms with van der Waals surface area (Å²) in [6.45, 7) is 2.56. The normalized spacial score (nSPS) is 27.5. The first-order valence-corrected chi connectivity index (χ1v) is 12.7. The summed E-state index contributed by atoms with van der Waals surface area (Å²) in [6, 6.07) is 4.69. The van der Waals surface area contributed by atoms with Gasteiger partial charge in [0.15, 0.2) is 0 Å². The maximum absolute atomic E-state index is 12.9. The van der Waals surface area contributed by atoms with Crippen LogP contribution in [0.5, 0.6) is 0 Å². The van der Waals surface area contributed by atoms with Gasteiger partial charge in [-0.1, -0.05) is 0 Å². The van der Waals surface area contributed by atoms with Gasteiger partial charge in [0.25, 0.3) is 0 Å². The first-order valence-electron chi connectivity index (χ1n) is 12.7. The third-order valence-electron chi connectivity index (χ3n) is 7.33. The number of piperidine rings is 1. The third-order valence-corrected chi connectivity index (χ3v) is 7.33.